The van der Waals surface area contributed by atoms with Gasteiger partial charge in [0.15, 0.2) is 17.5 Å². The lowest BCUT2D eigenvalue weighted by Crippen LogP contribution is -2.12. The van der Waals surface area contributed by atoms with Crippen LogP contribution in [0.4, 0.5) is 11.4 Å². The van der Waals surface area contributed by atoms with Crippen molar-refractivity contribution in [2.45, 2.75) is 32.6 Å². The zero-order valence-electron chi connectivity index (χ0n) is 43.3. The Bertz CT molecular complexity index is 3990. The van der Waals surface area contributed by atoms with Crippen LogP contribution in [0.5, 0.6) is 0 Å². The lowest BCUT2D eigenvalue weighted by atomic mass is 9.94. The number of fused-ring (bicyclic) bond motifs is 4. The molecule has 8 aromatic carbocycles. The summed E-state index contributed by atoms with van der Waals surface area (Å²) in [6, 6.07) is 73.6. The number of allylic oxidation sites excluding steroid dienone is 5. The number of rotatable bonds is 12. The van der Waals surface area contributed by atoms with Crippen LogP contribution >= 0.6 is 0 Å². The number of anilines is 2. The van der Waals surface area contributed by atoms with Gasteiger partial charge in [-0.15, -0.1) is 0 Å². The van der Waals surface area contributed by atoms with E-state index < -0.39 is 0 Å². The van der Waals surface area contributed by atoms with Gasteiger partial charge in [0.2, 0.25) is 0 Å². The molecule has 2 aliphatic rings. The molecule has 0 saturated heterocycles. The molecule has 0 atom stereocenters. The Labute approximate surface area is 450 Å². The summed E-state index contributed by atoms with van der Waals surface area (Å²) in [6.07, 6.45) is 22.2. The Morgan fingerprint density at radius 2 is 0.974 bits per heavy atom. The molecule has 0 N–H and O–H groups in total. The van der Waals surface area contributed by atoms with Crippen LogP contribution in [-0.2, 0) is 12.8 Å². The molecule has 0 amide bonds. The van der Waals surface area contributed by atoms with Crippen molar-refractivity contribution in [2.24, 2.45) is 0 Å². The summed E-state index contributed by atoms with van der Waals surface area (Å²) >= 11 is 0. The Balaban J connectivity index is 0.913. The minimum absolute atomic E-state index is 0.628. The van der Waals surface area contributed by atoms with Gasteiger partial charge in [-0.3, -0.25) is 0 Å². The third-order valence-electron chi connectivity index (χ3n) is 15.1. The molecule has 0 aliphatic heterocycles. The summed E-state index contributed by atoms with van der Waals surface area (Å²) in [5.41, 5.74) is 22.0. The molecule has 0 fully saturated rings. The average molecular weight is 993 g/mol. The van der Waals surface area contributed by atoms with Crippen LogP contribution in [0.25, 0.3) is 108 Å². The van der Waals surface area contributed by atoms with Gasteiger partial charge in [-0.2, -0.15) is 0 Å². The lowest BCUT2D eigenvalue weighted by Gasteiger charge is -2.25. The highest BCUT2D eigenvalue weighted by Crippen LogP contribution is 2.42. The number of nitrogens with zero attached hydrogens (tertiary/aromatic N) is 6. The van der Waals surface area contributed by atoms with Gasteiger partial charge in [-0.1, -0.05) is 194 Å². The summed E-state index contributed by atoms with van der Waals surface area (Å²) in [6.45, 7) is 2.05. The van der Waals surface area contributed by atoms with Crippen molar-refractivity contribution < 1.29 is 0 Å². The second-order valence-electron chi connectivity index (χ2n) is 19.8. The molecule has 3 heterocycles. The number of benzene rings is 8. The molecule has 0 unspecified atom stereocenters. The third-order valence-corrected chi connectivity index (χ3v) is 15.1. The predicted octanol–water partition coefficient (Wildman–Crippen LogP) is 17.9. The van der Waals surface area contributed by atoms with Crippen molar-refractivity contribution >= 4 is 40.5 Å². The molecule has 0 radical (unpaired) electrons. The fraction of sp³-hybridized carbons (Fsp3) is 0.0845. The van der Waals surface area contributed by atoms with E-state index >= 15 is 0 Å². The van der Waals surface area contributed by atoms with Gasteiger partial charge in [0.25, 0.3) is 0 Å². The quantitative estimate of drug-likeness (QED) is 0.114. The van der Waals surface area contributed by atoms with E-state index in [1.165, 1.54) is 39.2 Å². The minimum Gasteiger partial charge on any atom is -0.344 e. The molecular formula is C71H56N6. The highest BCUT2D eigenvalue weighted by Gasteiger charge is 2.25. The van der Waals surface area contributed by atoms with Crippen molar-refractivity contribution in [1.82, 2.24) is 24.1 Å². The first-order chi connectivity index (χ1) is 38.1. The first-order valence-electron chi connectivity index (χ1n) is 26.7. The first-order valence-corrected chi connectivity index (χ1v) is 26.7. The Kier molecular flexibility index (Phi) is 12.6. The van der Waals surface area contributed by atoms with Crippen molar-refractivity contribution in [2.75, 3.05) is 11.9 Å². The summed E-state index contributed by atoms with van der Waals surface area (Å²) in [5.74, 6) is 1.91. The van der Waals surface area contributed by atoms with E-state index in [4.69, 9.17) is 15.0 Å². The average Bonchev–Trinajstić information content (AvgIpc) is 4.14. The first kappa shape index (κ1) is 47.1. The fourth-order valence-corrected chi connectivity index (χ4v) is 11.3. The van der Waals surface area contributed by atoms with E-state index in [1.54, 1.807) is 0 Å². The highest BCUT2D eigenvalue weighted by molar-refractivity contribution is 5.91. The van der Waals surface area contributed by atoms with E-state index in [1.807, 2.05) is 60.7 Å². The van der Waals surface area contributed by atoms with Crippen LogP contribution in [-0.4, -0.2) is 31.1 Å². The van der Waals surface area contributed by atoms with E-state index in [0.29, 0.717) is 17.5 Å². The topological polar surface area (TPSA) is 51.8 Å². The summed E-state index contributed by atoms with van der Waals surface area (Å²) in [5, 5.41) is 1.18. The van der Waals surface area contributed by atoms with Crippen LogP contribution in [0.2, 0.25) is 0 Å². The number of para-hydroxylation sites is 2. The number of aromatic nitrogens is 5. The zero-order valence-corrected chi connectivity index (χ0v) is 43.3. The predicted molar refractivity (Wildman–Crippen MR) is 322 cm³/mol. The van der Waals surface area contributed by atoms with Gasteiger partial charge in [-0.25, -0.2) is 15.0 Å². The van der Waals surface area contributed by atoms with E-state index in [2.05, 4.69) is 222 Å². The maximum Gasteiger partial charge on any atom is 0.164 e. The van der Waals surface area contributed by atoms with Gasteiger partial charge in [0.05, 0.1) is 16.9 Å². The monoisotopic (exact) mass is 992 g/mol. The second kappa shape index (κ2) is 20.6. The molecule has 6 heteroatoms. The standard InChI is InChI=1S/C71H56N6/c1-3-4-8-28-58-46-56-25-15-18-31-64(56)76(58)68-47-55(49-34-40-54(41-35-49)71-73-69(52-21-9-5-10-22-52)72-70(74-71)53-23-11-6-12-24-53)42-44-61(68)51-38-36-50(37-39-51)60-45-43-59(48-67(60)75(2)57-26-13-7-14-27-57)77-65-32-19-16-29-62(65)63-30-17-20-33-66(63)77/h3-15,18-28,31-48H,16-17,29-30H2,1-2H3/b4-3-,28-8-. The van der Waals surface area contributed by atoms with Crippen LogP contribution in [0.15, 0.2) is 237 Å². The highest BCUT2D eigenvalue weighted by atomic mass is 15.1. The Morgan fingerprint density at radius 3 is 1.60 bits per heavy atom. The normalized spacial score (nSPS) is 12.9. The van der Waals surface area contributed by atoms with Crippen LogP contribution in [0.1, 0.15) is 48.0 Å². The molecule has 11 aromatic rings. The van der Waals surface area contributed by atoms with Gasteiger partial charge < -0.3 is 14.0 Å². The van der Waals surface area contributed by atoms with Crippen molar-refractivity contribution in [3.63, 3.8) is 0 Å². The lowest BCUT2D eigenvalue weighted by molar-refractivity contribution is 0.922. The molecule has 6 nitrogen and oxygen atoms in total. The molecule has 3 aromatic heterocycles. The van der Waals surface area contributed by atoms with Crippen molar-refractivity contribution in [1.29, 1.82) is 0 Å². The van der Waals surface area contributed by atoms with Crippen molar-refractivity contribution in [3.8, 4) is 78.9 Å². The minimum atomic E-state index is 0.628. The summed E-state index contributed by atoms with van der Waals surface area (Å²) in [7, 11) is 2.19. The molecule has 0 spiro atoms. The van der Waals surface area contributed by atoms with Crippen molar-refractivity contribution in [3.05, 3.63) is 265 Å². The largest absolute Gasteiger partial charge is 0.344 e. The molecule has 0 bridgehead atoms. The second-order valence-corrected chi connectivity index (χ2v) is 19.8. The van der Waals surface area contributed by atoms with Gasteiger partial charge >= 0.3 is 0 Å². The third kappa shape index (κ3) is 9.04. The summed E-state index contributed by atoms with van der Waals surface area (Å²) in [4.78, 5) is 17.3. The van der Waals surface area contributed by atoms with Gasteiger partial charge in [-0.05, 0) is 127 Å². The van der Waals surface area contributed by atoms with Crippen LogP contribution < -0.4 is 4.90 Å². The maximum absolute atomic E-state index is 5.01. The van der Waals surface area contributed by atoms with Crippen LogP contribution in [0, 0.1) is 0 Å². The van der Waals surface area contributed by atoms with Crippen LogP contribution in [0.3, 0.4) is 0 Å². The SMILES string of the molecule is C/C=C\C=C/c1cc2ccccc2n1-c1cc(-c2ccc(-c3nc(-c4ccccc4)nc(-c4ccccc4)n3)cc2)ccc1-c1ccc(-c2ccc(-n3c4c(c5c3C=CCC5)CCC=C4)cc2N(C)c2ccccc2)cc1. The molecule has 2 aliphatic carbocycles. The maximum atomic E-state index is 5.01. The number of hydrogen-bond donors (Lipinski definition) is 0. The number of hydrogen-bond acceptors (Lipinski definition) is 4. The smallest absolute Gasteiger partial charge is 0.164 e. The molecular weight excluding hydrogens is 937 g/mol. The fourth-order valence-electron chi connectivity index (χ4n) is 11.3. The molecule has 13 rings (SSSR count). The van der Waals surface area contributed by atoms with Gasteiger partial charge in [0, 0.05) is 68.7 Å². The summed E-state index contributed by atoms with van der Waals surface area (Å²) < 4.78 is 4.91. The van der Waals surface area contributed by atoms with Gasteiger partial charge in [0.1, 0.15) is 0 Å². The van der Waals surface area contributed by atoms with E-state index in [0.717, 1.165) is 98.5 Å². The Hall–Kier alpha value is -9.65. The molecule has 370 valence electrons. The molecule has 0 saturated carbocycles. The van der Waals surface area contributed by atoms with E-state index in [9.17, 15) is 0 Å². The zero-order chi connectivity index (χ0) is 51.7. The Morgan fingerprint density at radius 1 is 0.455 bits per heavy atom. The van der Waals surface area contributed by atoms with E-state index in [-0.39, 0.29) is 0 Å². The molecule has 77 heavy (non-hydrogen) atoms.